The van der Waals surface area contributed by atoms with Crippen LogP contribution < -0.4 is 5.32 Å². The Hall–Kier alpha value is -2.40. The summed E-state index contributed by atoms with van der Waals surface area (Å²) in [6, 6.07) is 14.8. The second-order valence-corrected chi connectivity index (χ2v) is 6.65. The number of benzene rings is 2. The molecule has 1 fully saturated rings. The second-order valence-electron chi connectivity index (χ2n) is 6.65. The van der Waals surface area contributed by atoms with Gasteiger partial charge in [0.05, 0.1) is 0 Å². The number of anilines is 1. The Morgan fingerprint density at radius 2 is 1.73 bits per heavy atom. The summed E-state index contributed by atoms with van der Waals surface area (Å²) in [7, 11) is 0. The Kier molecular flexibility index (Phi) is 6.23. The molecule has 26 heavy (non-hydrogen) atoms. The molecule has 0 saturated carbocycles. The maximum atomic E-state index is 13.7. The minimum Gasteiger partial charge on any atom is -0.322 e. The number of piperazine rings is 1. The molecule has 3 rings (SSSR count). The van der Waals surface area contributed by atoms with Crippen LogP contribution in [0.25, 0.3) is 0 Å². The molecule has 4 nitrogen and oxygen atoms in total. The predicted molar refractivity (Wildman–Crippen MR) is 103 cm³/mol. The Morgan fingerprint density at radius 3 is 2.38 bits per heavy atom. The number of amides is 2. The number of urea groups is 1. The van der Waals surface area contributed by atoms with Gasteiger partial charge in [-0.25, -0.2) is 9.18 Å². The van der Waals surface area contributed by atoms with Crippen LogP contribution in [0.4, 0.5) is 14.9 Å². The van der Waals surface area contributed by atoms with Crippen LogP contribution in [0.15, 0.2) is 48.5 Å². The quantitative estimate of drug-likeness (QED) is 0.886. The molecule has 1 heterocycles. The molecular formula is C21H26FN3O. The minimum absolute atomic E-state index is 0.0528. The zero-order valence-electron chi connectivity index (χ0n) is 15.2. The van der Waals surface area contributed by atoms with E-state index < -0.39 is 0 Å². The number of hydrogen-bond donors (Lipinski definition) is 1. The maximum absolute atomic E-state index is 13.7. The lowest BCUT2D eigenvalue weighted by Gasteiger charge is -2.34. The molecule has 5 heteroatoms. The third-order valence-electron chi connectivity index (χ3n) is 4.93. The fourth-order valence-electron chi connectivity index (χ4n) is 3.18. The zero-order chi connectivity index (χ0) is 18.4. The molecule has 1 aliphatic heterocycles. The minimum atomic E-state index is -0.139. The molecule has 2 aromatic rings. The van der Waals surface area contributed by atoms with Crippen LogP contribution in [-0.2, 0) is 12.8 Å². The van der Waals surface area contributed by atoms with Crippen molar-refractivity contribution in [3.63, 3.8) is 0 Å². The van der Waals surface area contributed by atoms with Crippen LogP contribution in [-0.4, -0.2) is 48.6 Å². The van der Waals surface area contributed by atoms with Crippen molar-refractivity contribution in [2.24, 2.45) is 0 Å². The van der Waals surface area contributed by atoms with Crippen LogP contribution in [0.5, 0.6) is 0 Å². The summed E-state index contributed by atoms with van der Waals surface area (Å²) in [5.74, 6) is -0.139. The molecule has 1 saturated heterocycles. The highest BCUT2D eigenvalue weighted by molar-refractivity contribution is 5.89. The molecule has 1 aliphatic rings. The molecule has 2 aromatic carbocycles. The number of nitrogens with zero attached hydrogens (tertiary/aromatic N) is 2. The summed E-state index contributed by atoms with van der Waals surface area (Å²) >= 11 is 0. The summed E-state index contributed by atoms with van der Waals surface area (Å²) in [5, 5.41) is 2.96. The summed E-state index contributed by atoms with van der Waals surface area (Å²) < 4.78 is 13.7. The van der Waals surface area contributed by atoms with Crippen molar-refractivity contribution in [2.45, 2.75) is 19.8 Å². The SMILES string of the molecule is CCc1ccc(NC(=O)N2CCN(CCc3ccccc3F)CC2)cc1. The highest BCUT2D eigenvalue weighted by atomic mass is 19.1. The van der Waals surface area contributed by atoms with Gasteiger partial charge >= 0.3 is 6.03 Å². The van der Waals surface area contributed by atoms with Gasteiger partial charge in [-0.15, -0.1) is 0 Å². The lowest BCUT2D eigenvalue weighted by Crippen LogP contribution is -2.50. The summed E-state index contributed by atoms with van der Waals surface area (Å²) in [6.07, 6.45) is 1.69. The topological polar surface area (TPSA) is 35.6 Å². The molecule has 2 amide bonds. The Morgan fingerprint density at radius 1 is 1.04 bits per heavy atom. The number of carbonyl (C=O) groups is 1. The van der Waals surface area contributed by atoms with Gasteiger partial charge in [0, 0.05) is 38.4 Å². The van der Waals surface area contributed by atoms with Gasteiger partial charge in [-0.3, -0.25) is 4.90 Å². The van der Waals surface area contributed by atoms with E-state index in [0.717, 1.165) is 37.3 Å². The summed E-state index contributed by atoms with van der Waals surface area (Å²) in [4.78, 5) is 16.5. The van der Waals surface area contributed by atoms with Gasteiger partial charge in [0.15, 0.2) is 0 Å². The summed E-state index contributed by atoms with van der Waals surface area (Å²) in [6.45, 7) is 5.94. The van der Waals surface area contributed by atoms with Gasteiger partial charge in [0.1, 0.15) is 5.82 Å². The summed E-state index contributed by atoms with van der Waals surface area (Å²) in [5.41, 5.74) is 2.84. The maximum Gasteiger partial charge on any atom is 0.321 e. The number of carbonyl (C=O) groups excluding carboxylic acids is 1. The zero-order valence-corrected chi connectivity index (χ0v) is 15.2. The molecule has 0 bridgehead atoms. The molecule has 0 aromatic heterocycles. The van der Waals surface area contributed by atoms with Crippen molar-refractivity contribution >= 4 is 11.7 Å². The molecule has 0 aliphatic carbocycles. The van der Waals surface area contributed by atoms with E-state index in [4.69, 9.17) is 0 Å². The first-order valence-electron chi connectivity index (χ1n) is 9.26. The van der Waals surface area contributed by atoms with Crippen molar-refractivity contribution in [1.29, 1.82) is 0 Å². The van der Waals surface area contributed by atoms with Crippen molar-refractivity contribution in [3.8, 4) is 0 Å². The van der Waals surface area contributed by atoms with Gasteiger partial charge < -0.3 is 10.2 Å². The second kappa shape index (κ2) is 8.81. The van der Waals surface area contributed by atoms with Gasteiger partial charge in [0.2, 0.25) is 0 Å². The van der Waals surface area contributed by atoms with Gasteiger partial charge in [-0.05, 0) is 42.2 Å². The van der Waals surface area contributed by atoms with Gasteiger partial charge in [0.25, 0.3) is 0 Å². The lowest BCUT2D eigenvalue weighted by atomic mass is 10.1. The highest BCUT2D eigenvalue weighted by Gasteiger charge is 2.21. The average Bonchev–Trinajstić information content (AvgIpc) is 2.68. The Balaban J connectivity index is 1.44. The van der Waals surface area contributed by atoms with E-state index >= 15 is 0 Å². The van der Waals surface area contributed by atoms with Crippen molar-refractivity contribution in [3.05, 3.63) is 65.5 Å². The molecule has 0 spiro atoms. The molecule has 0 atom stereocenters. The first-order chi connectivity index (χ1) is 12.7. The first kappa shape index (κ1) is 18.4. The average molecular weight is 355 g/mol. The van der Waals surface area contributed by atoms with Gasteiger partial charge in [-0.2, -0.15) is 0 Å². The largest absolute Gasteiger partial charge is 0.322 e. The number of hydrogen-bond acceptors (Lipinski definition) is 2. The number of nitrogens with one attached hydrogen (secondary N) is 1. The number of aryl methyl sites for hydroxylation is 1. The van der Waals surface area contributed by atoms with E-state index in [1.165, 1.54) is 11.6 Å². The standard InChI is InChI=1S/C21H26FN3O/c1-2-17-7-9-19(10-8-17)23-21(26)25-15-13-24(14-16-25)12-11-18-5-3-4-6-20(18)22/h3-10H,2,11-16H2,1H3,(H,23,26). The van der Waals surface area contributed by atoms with E-state index in [0.29, 0.717) is 19.5 Å². The predicted octanol–water partition coefficient (Wildman–Crippen LogP) is 3.78. The van der Waals surface area contributed by atoms with E-state index in [2.05, 4.69) is 17.1 Å². The first-order valence-corrected chi connectivity index (χ1v) is 9.26. The van der Waals surface area contributed by atoms with E-state index in [1.54, 1.807) is 6.07 Å². The third kappa shape index (κ3) is 4.82. The van der Waals surface area contributed by atoms with Crippen molar-refractivity contribution < 1.29 is 9.18 Å². The molecule has 0 radical (unpaired) electrons. The fourth-order valence-corrected chi connectivity index (χ4v) is 3.18. The molecular weight excluding hydrogens is 329 g/mol. The van der Waals surface area contributed by atoms with E-state index in [-0.39, 0.29) is 11.8 Å². The van der Waals surface area contributed by atoms with Crippen LogP contribution in [0.2, 0.25) is 0 Å². The molecule has 138 valence electrons. The Bertz CT molecular complexity index is 724. The molecule has 1 N–H and O–H groups in total. The van der Waals surface area contributed by atoms with Crippen LogP contribution in [0.1, 0.15) is 18.1 Å². The van der Waals surface area contributed by atoms with Crippen molar-refractivity contribution in [1.82, 2.24) is 9.80 Å². The van der Waals surface area contributed by atoms with E-state index in [9.17, 15) is 9.18 Å². The molecule has 0 unspecified atom stereocenters. The van der Waals surface area contributed by atoms with Crippen LogP contribution >= 0.6 is 0 Å². The smallest absolute Gasteiger partial charge is 0.321 e. The Labute approximate surface area is 154 Å². The number of rotatable bonds is 5. The normalized spacial score (nSPS) is 15.1. The van der Waals surface area contributed by atoms with Crippen molar-refractivity contribution in [2.75, 3.05) is 38.0 Å². The number of halogens is 1. The van der Waals surface area contributed by atoms with Crippen LogP contribution in [0.3, 0.4) is 0 Å². The van der Waals surface area contributed by atoms with Crippen LogP contribution in [0, 0.1) is 5.82 Å². The lowest BCUT2D eigenvalue weighted by molar-refractivity contribution is 0.148. The monoisotopic (exact) mass is 355 g/mol. The van der Waals surface area contributed by atoms with Gasteiger partial charge in [-0.1, -0.05) is 37.3 Å². The highest BCUT2D eigenvalue weighted by Crippen LogP contribution is 2.13. The van der Waals surface area contributed by atoms with E-state index in [1.807, 2.05) is 41.3 Å². The fraction of sp³-hybridized carbons (Fsp3) is 0.381. The third-order valence-corrected chi connectivity index (χ3v) is 4.93.